The second-order valence-electron chi connectivity index (χ2n) is 18.5. The van der Waals surface area contributed by atoms with E-state index >= 15 is 0 Å². The lowest BCUT2D eigenvalue weighted by Gasteiger charge is -2.18. The minimum absolute atomic E-state index is 0.101. The van der Waals surface area contributed by atoms with Crippen LogP contribution in [0.15, 0.2) is 85.1 Å². The summed E-state index contributed by atoms with van der Waals surface area (Å²) in [7, 11) is 0. The third-order valence-electron chi connectivity index (χ3n) is 11.9. The van der Waals surface area contributed by atoms with Crippen LogP contribution in [0.2, 0.25) is 0 Å². The Balaban J connectivity index is 4.50. The van der Waals surface area contributed by atoms with Crippen molar-refractivity contribution in [2.45, 2.75) is 271 Å². The SMILES string of the molecule is CC/C=C\C/C=C\C/C=C\C/C=C\C/C=C\C/C=C\CCC(=O)OCC(COC(=O)CCCCCCCCCCCCCCCC)OC(=O)CCCCCCC/C=C\CCCCCCCCC. The summed E-state index contributed by atoms with van der Waals surface area (Å²) in [6.07, 6.45) is 71.5. The van der Waals surface area contributed by atoms with Crippen molar-refractivity contribution in [2.24, 2.45) is 0 Å². The van der Waals surface area contributed by atoms with Crippen molar-refractivity contribution in [3.05, 3.63) is 85.1 Å². The second-order valence-corrected chi connectivity index (χ2v) is 18.5. The molecule has 0 saturated heterocycles. The molecule has 0 aromatic carbocycles. The summed E-state index contributed by atoms with van der Waals surface area (Å²) < 4.78 is 16.8. The number of hydrogen-bond acceptors (Lipinski definition) is 6. The highest BCUT2D eigenvalue weighted by atomic mass is 16.6. The third-order valence-corrected chi connectivity index (χ3v) is 11.9. The van der Waals surface area contributed by atoms with Crippen molar-refractivity contribution in [3.63, 3.8) is 0 Å². The van der Waals surface area contributed by atoms with Gasteiger partial charge in [-0.05, 0) is 83.5 Å². The van der Waals surface area contributed by atoms with Gasteiger partial charge in [0.15, 0.2) is 6.10 Å². The molecule has 0 aromatic rings. The van der Waals surface area contributed by atoms with Gasteiger partial charge < -0.3 is 14.2 Å². The lowest BCUT2D eigenvalue weighted by molar-refractivity contribution is -0.166. The molecule has 0 bridgehead atoms. The molecule has 0 aliphatic carbocycles. The average Bonchev–Trinajstić information content (AvgIpc) is 3.33. The molecule has 0 aromatic heterocycles. The van der Waals surface area contributed by atoms with Gasteiger partial charge in [-0.25, -0.2) is 0 Å². The summed E-state index contributed by atoms with van der Waals surface area (Å²) in [4.78, 5) is 38.1. The van der Waals surface area contributed by atoms with Crippen molar-refractivity contribution in [2.75, 3.05) is 13.2 Å². The van der Waals surface area contributed by atoms with Gasteiger partial charge >= 0.3 is 17.9 Å². The predicted molar refractivity (Wildman–Crippen MR) is 288 cm³/mol. The summed E-state index contributed by atoms with van der Waals surface area (Å²) in [5.74, 6) is -0.992. The van der Waals surface area contributed by atoms with Crippen LogP contribution in [0.4, 0.5) is 0 Å². The molecule has 0 radical (unpaired) electrons. The third kappa shape index (κ3) is 53.4. The topological polar surface area (TPSA) is 78.9 Å². The number of unbranched alkanes of at least 4 members (excludes halogenated alkanes) is 25. The molecule has 0 rings (SSSR count). The number of carbonyl (C=O) groups excluding carboxylic acids is 3. The summed E-state index contributed by atoms with van der Waals surface area (Å²) in [6.45, 7) is 6.46. The van der Waals surface area contributed by atoms with Gasteiger partial charge in [0.2, 0.25) is 0 Å². The van der Waals surface area contributed by atoms with E-state index in [1.807, 2.05) is 6.08 Å². The number of ether oxygens (including phenoxy) is 3. The number of carbonyl (C=O) groups is 3. The number of rotatable bonds is 50. The van der Waals surface area contributed by atoms with Crippen LogP contribution >= 0.6 is 0 Å². The Hall–Kier alpha value is -3.41. The van der Waals surface area contributed by atoms with Gasteiger partial charge in [0.1, 0.15) is 13.2 Å². The quantitative estimate of drug-likeness (QED) is 0.0262. The zero-order valence-electron chi connectivity index (χ0n) is 43.9. The summed E-state index contributed by atoms with van der Waals surface area (Å²) in [5, 5.41) is 0. The maximum absolute atomic E-state index is 12.8. The molecule has 0 N–H and O–H groups in total. The van der Waals surface area contributed by atoms with E-state index in [9.17, 15) is 14.4 Å². The molecule has 67 heavy (non-hydrogen) atoms. The van der Waals surface area contributed by atoms with Gasteiger partial charge in [-0.2, -0.15) is 0 Å². The average molecular weight is 933 g/mol. The second kappa shape index (κ2) is 55.2. The molecule has 1 atom stereocenters. The molecule has 6 nitrogen and oxygen atoms in total. The molecule has 1 unspecified atom stereocenters. The van der Waals surface area contributed by atoms with Gasteiger partial charge in [0.25, 0.3) is 0 Å². The molecule has 0 heterocycles. The van der Waals surface area contributed by atoms with Gasteiger partial charge in [-0.3, -0.25) is 14.4 Å². The Labute approximate surface area is 414 Å². The van der Waals surface area contributed by atoms with Crippen LogP contribution in [0.1, 0.15) is 265 Å². The first-order valence-electron chi connectivity index (χ1n) is 28.1. The molecule has 0 aliphatic heterocycles. The largest absolute Gasteiger partial charge is 0.462 e. The smallest absolute Gasteiger partial charge is 0.306 e. The lowest BCUT2D eigenvalue weighted by Crippen LogP contribution is -2.30. The molecule has 6 heteroatoms. The first-order chi connectivity index (χ1) is 33.0. The zero-order chi connectivity index (χ0) is 48.6. The Kier molecular flexibility index (Phi) is 52.4. The normalized spacial score (nSPS) is 12.7. The van der Waals surface area contributed by atoms with Gasteiger partial charge in [-0.15, -0.1) is 0 Å². The van der Waals surface area contributed by atoms with Crippen molar-refractivity contribution in [1.82, 2.24) is 0 Å². The standard InChI is InChI=1S/C61H104O6/c1-4-7-10-13-16-19-22-25-28-30-31-32-34-36-39-42-45-48-51-54-60(63)66-57-58(56-65-59(62)53-50-47-44-41-38-35-27-24-21-18-15-12-9-6-3)67-61(64)55-52-49-46-43-40-37-33-29-26-23-20-17-14-11-8-5-2/h7,10,16,19,25,28-29,31-33,36,39,45,48,58H,4-6,8-9,11-15,17-18,20-24,26-27,30,34-35,37-38,40-44,46-47,49-57H2,1-3H3/b10-7-,19-16-,28-25-,32-31-,33-29-,39-36-,48-45-. The van der Waals surface area contributed by atoms with E-state index in [-0.39, 0.29) is 37.5 Å². The van der Waals surface area contributed by atoms with E-state index in [2.05, 4.69) is 99.8 Å². The van der Waals surface area contributed by atoms with Crippen molar-refractivity contribution in [3.8, 4) is 0 Å². The van der Waals surface area contributed by atoms with Crippen LogP contribution in [0.25, 0.3) is 0 Å². The van der Waals surface area contributed by atoms with E-state index in [1.165, 1.54) is 128 Å². The molecule has 0 fully saturated rings. The van der Waals surface area contributed by atoms with E-state index in [4.69, 9.17) is 14.2 Å². The number of allylic oxidation sites excluding steroid dienone is 14. The first kappa shape index (κ1) is 63.6. The van der Waals surface area contributed by atoms with Gasteiger partial charge in [0, 0.05) is 19.3 Å². The lowest BCUT2D eigenvalue weighted by atomic mass is 10.0. The maximum Gasteiger partial charge on any atom is 0.306 e. The summed E-state index contributed by atoms with van der Waals surface area (Å²) >= 11 is 0. The monoisotopic (exact) mass is 933 g/mol. The highest BCUT2D eigenvalue weighted by Gasteiger charge is 2.19. The Bertz CT molecular complexity index is 1300. The molecular weight excluding hydrogens is 829 g/mol. The van der Waals surface area contributed by atoms with Gasteiger partial charge in [0.05, 0.1) is 0 Å². The van der Waals surface area contributed by atoms with Crippen LogP contribution in [0.3, 0.4) is 0 Å². The fourth-order valence-corrected chi connectivity index (χ4v) is 7.70. The highest BCUT2D eigenvalue weighted by molar-refractivity contribution is 5.71. The van der Waals surface area contributed by atoms with Crippen LogP contribution in [0.5, 0.6) is 0 Å². The van der Waals surface area contributed by atoms with Crippen molar-refractivity contribution >= 4 is 17.9 Å². The molecule has 0 saturated carbocycles. The molecule has 384 valence electrons. The predicted octanol–water partition coefficient (Wildman–Crippen LogP) is 18.8. The minimum Gasteiger partial charge on any atom is -0.462 e. The number of hydrogen-bond donors (Lipinski definition) is 0. The van der Waals surface area contributed by atoms with Crippen molar-refractivity contribution < 1.29 is 28.6 Å². The molecule has 0 spiro atoms. The number of esters is 3. The highest BCUT2D eigenvalue weighted by Crippen LogP contribution is 2.15. The maximum atomic E-state index is 12.8. The Morgan fingerprint density at radius 1 is 0.313 bits per heavy atom. The Morgan fingerprint density at radius 2 is 0.612 bits per heavy atom. The van der Waals surface area contributed by atoms with E-state index < -0.39 is 6.10 Å². The van der Waals surface area contributed by atoms with Crippen LogP contribution < -0.4 is 0 Å². The summed E-state index contributed by atoms with van der Waals surface area (Å²) in [5.41, 5.74) is 0. The fourth-order valence-electron chi connectivity index (χ4n) is 7.70. The first-order valence-corrected chi connectivity index (χ1v) is 28.1. The Morgan fingerprint density at radius 3 is 1.00 bits per heavy atom. The van der Waals surface area contributed by atoms with Crippen LogP contribution in [0, 0.1) is 0 Å². The minimum atomic E-state index is -0.810. The molecule has 0 aliphatic rings. The van der Waals surface area contributed by atoms with Crippen molar-refractivity contribution in [1.29, 1.82) is 0 Å². The van der Waals surface area contributed by atoms with E-state index in [1.54, 1.807) is 0 Å². The zero-order valence-corrected chi connectivity index (χ0v) is 43.9. The van der Waals surface area contributed by atoms with E-state index in [0.717, 1.165) is 89.9 Å². The summed E-state index contributed by atoms with van der Waals surface area (Å²) in [6, 6.07) is 0. The molecule has 0 amide bonds. The van der Waals surface area contributed by atoms with Gasteiger partial charge in [-0.1, -0.05) is 247 Å². The van der Waals surface area contributed by atoms with Crippen LogP contribution in [-0.2, 0) is 28.6 Å². The van der Waals surface area contributed by atoms with E-state index in [0.29, 0.717) is 19.3 Å². The fraction of sp³-hybridized carbons (Fsp3) is 0.721. The van der Waals surface area contributed by atoms with Crippen LogP contribution in [-0.4, -0.2) is 37.2 Å². The molecular formula is C61H104O6.